The molecule has 13 aromatic rings. The molecule has 4 heterocycles. The molecule has 0 amide bonds. The largest absolute Gasteiger partial charge is 0.311 e. The molecule has 0 aliphatic carbocycles. The molecule has 0 fully saturated rings. The van der Waals surface area contributed by atoms with Crippen LogP contribution in [0.3, 0.4) is 0 Å². The second-order valence-corrected chi connectivity index (χ2v) is 18.8. The number of benzene rings is 11. The van der Waals surface area contributed by atoms with E-state index in [0.29, 0.717) is 0 Å². The fraction of sp³-hybridized carbons (Fsp3) is 0. The predicted molar refractivity (Wildman–Crippen MR) is 300 cm³/mol. The van der Waals surface area contributed by atoms with Gasteiger partial charge in [-0.1, -0.05) is 176 Å². The highest BCUT2D eigenvalue weighted by Crippen LogP contribution is 2.49. The summed E-state index contributed by atoms with van der Waals surface area (Å²) in [5.74, 6) is 0. The standard InChI is InChI=1S/C66H43BN4/c1-3-20-44(21-4-1)48-24-7-13-30-56(48)70-62-40-38-46(68-58-32-15-9-26-50(58)51-27-10-16-33-59(51)68)42-54(62)67-55-43-47(69-60-34-17-11-28-52(60)53-29-12-18-35-61(53)69)39-41-63(55)71(65-37-19-36-64(70)66(65)67)57-31-14-8-25-49(57)45-22-5-2-6-23-45/h1-43H. The van der Waals surface area contributed by atoms with Crippen molar-refractivity contribution in [1.82, 2.24) is 9.13 Å². The van der Waals surface area contributed by atoms with E-state index in [-0.39, 0.29) is 6.71 Å². The molecule has 0 saturated carbocycles. The molecule has 2 aliphatic heterocycles. The van der Waals surface area contributed by atoms with Gasteiger partial charge < -0.3 is 18.9 Å². The van der Waals surface area contributed by atoms with E-state index in [9.17, 15) is 0 Å². The van der Waals surface area contributed by atoms with Crippen molar-refractivity contribution in [2.45, 2.75) is 0 Å². The summed E-state index contributed by atoms with van der Waals surface area (Å²) in [4.78, 5) is 5.09. The quantitative estimate of drug-likeness (QED) is 0.155. The molecule has 71 heavy (non-hydrogen) atoms. The van der Waals surface area contributed by atoms with Crippen LogP contribution < -0.4 is 26.2 Å². The maximum atomic E-state index is 2.55. The molecule has 0 N–H and O–H groups in total. The Kier molecular flexibility index (Phi) is 8.72. The van der Waals surface area contributed by atoms with Crippen LogP contribution in [0.15, 0.2) is 261 Å². The fourth-order valence-electron chi connectivity index (χ4n) is 12.2. The van der Waals surface area contributed by atoms with Crippen LogP contribution in [0.5, 0.6) is 0 Å². The number of aromatic nitrogens is 2. The van der Waals surface area contributed by atoms with E-state index < -0.39 is 0 Å². The normalized spacial score (nSPS) is 12.7. The highest BCUT2D eigenvalue weighted by molar-refractivity contribution is 7.00. The van der Waals surface area contributed by atoms with Gasteiger partial charge in [0.05, 0.1) is 33.4 Å². The molecule has 2 aliphatic rings. The minimum atomic E-state index is -0.132. The van der Waals surface area contributed by atoms with Crippen LogP contribution in [-0.2, 0) is 0 Å². The summed E-state index contributed by atoms with van der Waals surface area (Å²) in [5, 5.41) is 4.99. The van der Waals surface area contributed by atoms with Crippen LogP contribution in [0, 0.1) is 0 Å². The van der Waals surface area contributed by atoms with Crippen molar-refractivity contribution in [3.63, 3.8) is 0 Å². The van der Waals surface area contributed by atoms with E-state index in [0.717, 1.165) is 22.7 Å². The third kappa shape index (κ3) is 5.87. The van der Waals surface area contributed by atoms with Gasteiger partial charge in [0.15, 0.2) is 0 Å². The van der Waals surface area contributed by atoms with Crippen LogP contribution >= 0.6 is 0 Å². The number of para-hydroxylation sites is 6. The molecule has 2 aromatic heterocycles. The van der Waals surface area contributed by atoms with E-state index in [1.165, 1.54) is 105 Å². The number of nitrogens with zero attached hydrogens (tertiary/aromatic N) is 4. The van der Waals surface area contributed by atoms with Gasteiger partial charge in [0.2, 0.25) is 0 Å². The lowest BCUT2D eigenvalue weighted by atomic mass is 9.33. The van der Waals surface area contributed by atoms with Crippen molar-refractivity contribution in [1.29, 1.82) is 0 Å². The highest BCUT2D eigenvalue weighted by Gasteiger charge is 2.44. The smallest absolute Gasteiger partial charge is 0.252 e. The minimum Gasteiger partial charge on any atom is -0.311 e. The molecular weight excluding hydrogens is 860 g/mol. The summed E-state index contributed by atoms with van der Waals surface area (Å²) >= 11 is 0. The van der Waals surface area contributed by atoms with Gasteiger partial charge in [-0.15, -0.1) is 0 Å². The molecule has 330 valence electrons. The fourth-order valence-corrected chi connectivity index (χ4v) is 12.2. The number of hydrogen-bond donors (Lipinski definition) is 0. The van der Waals surface area contributed by atoms with E-state index >= 15 is 0 Å². The zero-order valence-electron chi connectivity index (χ0n) is 38.7. The minimum absolute atomic E-state index is 0.132. The van der Waals surface area contributed by atoms with Crippen molar-refractivity contribution >= 4 is 101 Å². The van der Waals surface area contributed by atoms with E-state index in [1.807, 2.05) is 0 Å². The summed E-state index contributed by atoms with van der Waals surface area (Å²) in [7, 11) is 0. The van der Waals surface area contributed by atoms with E-state index in [1.54, 1.807) is 0 Å². The Morgan fingerprint density at radius 3 is 1.00 bits per heavy atom. The average molecular weight is 903 g/mol. The van der Waals surface area contributed by atoms with Gasteiger partial charge in [-0.3, -0.25) is 0 Å². The van der Waals surface area contributed by atoms with Gasteiger partial charge in [-0.25, -0.2) is 0 Å². The van der Waals surface area contributed by atoms with E-state index in [2.05, 4.69) is 280 Å². The molecule has 4 nitrogen and oxygen atoms in total. The summed E-state index contributed by atoms with van der Waals surface area (Å²) in [6.07, 6.45) is 0. The van der Waals surface area contributed by atoms with Crippen LogP contribution in [0.4, 0.5) is 34.1 Å². The number of rotatable bonds is 6. The first-order valence-electron chi connectivity index (χ1n) is 24.6. The average Bonchev–Trinajstić information content (AvgIpc) is 3.96. The van der Waals surface area contributed by atoms with Crippen molar-refractivity contribution in [3.05, 3.63) is 261 Å². The van der Waals surface area contributed by atoms with E-state index in [4.69, 9.17) is 0 Å². The molecule has 0 radical (unpaired) electrons. The second-order valence-electron chi connectivity index (χ2n) is 18.8. The van der Waals surface area contributed by atoms with Gasteiger partial charge in [0.25, 0.3) is 6.71 Å². The third-order valence-electron chi connectivity index (χ3n) is 15.1. The van der Waals surface area contributed by atoms with Crippen LogP contribution in [0.25, 0.3) is 77.2 Å². The Bertz CT molecular complexity index is 3890. The Morgan fingerprint density at radius 2 is 0.592 bits per heavy atom. The number of anilines is 6. The Morgan fingerprint density at radius 1 is 0.254 bits per heavy atom. The van der Waals surface area contributed by atoms with Crippen LogP contribution in [0.2, 0.25) is 0 Å². The maximum Gasteiger partial charge on any atom is 0.252 e. The molecule has 0 saturated heterocycles. The van der Waals surface area contributed by atoms with Crippen molar-refractivity contribution in [2.75, 3.05) is 9.80 Å². The molecule has 0 bridgehead atoms. The van der Waals surface area contributed by atoms with Crippen molar-refractivity contribution in [2.24, 2.45) is 0 Å². The third-order valence-corrected chi connectivity index (χ3v) is 15.1. The molecule has 0 spiro atoms. The summed E-state index contributed by atoms with van der Waals surface area (Å²) < 4.78 is 4.94. The van der Waals surface area contributed by atoms with Crippen molar-refractivity contribution < 1.29 is 0 Å². The summed E-state index contributed by atoms with van der Waals surface area (Å²) in [5.41, 5.74) is 22.5. The molecule has 15 rings (SSSR count). The summed E-state index contributed by atoms with van der Waals surface area (Å²) in [6, 6.07) is 96.3. The zero-order valence-corrected chi connectivity index (χ0v) is 38.7. The number of fused-ring (bicyclic) bond motifs is 10. The first-order chi connectivity index (χ1) is 35.3. The highest BCUT2D eigenvalue weighted by atomic mass is 15.2. The lowest BCUT2D eigenvalue weighted by Crippen LogP contribution is -2.61. The molecule has 11 aromatic carbocycles. The van der Waals surface area contributed by atoms with Crippen molar-refractivity contribution in [3.8, 4) is 33.6 Å². The Labute approximate surface area is 412 Å². The lowest BCUT2D eigenvalue weighted by molar-refractivity contribution is 1.17. The first kappa shape index (κ1) is 39.7. The molecule has 0 atom stereocenters. The Balaban J connectivity index is 1.07. The van der Waals surface area contributed by atoms with Gasteiger partial charge >= 0.3 is 0 Å². The van der Waals surface area contributed by atoms with Gasteiger partial charge in [0.1, 0.15) is 0 Å². The maximum absolute atomic E-state index is 2.55. The molecule has 5 heteroatoms. The monoisotopic (exact) mass is 902 g/mol. The SMILES string of the molecule is c1ccc(-c2ccccc2N2c3ccc(-n4c5ccccc5c5ccccc54)cc3B3c4cc(-n5c6ccccc6c6ccccc65)ccc4N(c4ccccc4-c4ccccc4)c4cccc2c43)cc1. The number of hydrogen-bond acceptors (Lipinski definition) is 2. The zero-order chi connectivity index (χ0) is 46.6. The lowest BCUT2D eigenvalue weighted by Gasteiger charge is -2.45. The second kappa shape index (κ2) is 15.6. The summed E-state index contributed by atoms with van der Waals surface area (Å²) in [6.45, 7) is -0.132. The topological polar surface area (TPSA) is 16.3 Å². The Hall–Kier alpha value is -9.32. The predicted octanol–water partition coefficient (Wildman–Crippen LogP) is 15.3. The van der Waals surface area contributed by atoms with Gasteiger partial charge in [-0.2, -0.15) is 0 Å². The first-order valence-corrected chi connectivity index (χ1v) is 24.6. The van der Waals surface area contributed by atoms with Gasteiger partial charge in [0, 0.05) is 66.8 Å². The van der Waals surface area contributed by atoms with Crippen LogP contribution in [-0.4, -0.2) is 15.8 Å². The van der Waals surface area contributed by atoms with Gasteiger partial charge in [-0.05, 0) is 112 Å². The molecule has 0 unspecified atom stereocenters. The molecular formula is C66H43BN4. The van der Waals surface area contributed by atoms with Crippen LogP contribution in [0.1, 0.15) is 0 Å².